The van der Waals surface area contributed by atoms with E-state index in [1.165, 1.54) is 18.2 Å². The van der Waals surface area contributed by atoms with E-state index in [1.54, 1.807) is 0 Å². The van der Waals surface area contributed by atoms with Crippen molar-refractivity contribution in [1.82, 2.24) is 4.98 Å². The first kappa shape index (κ1) is 16.0. The van der Waals surface area contributed by atoms with Gasteiger partial charge in [-0.2, -0.15) is 0 Å². The Labute approximate surface area is 138 Å². The first-order valence-corrected chi connectivity index (χ1v) is 6.88. The molecule has 0 unspecified atom stereocenters. The highest BCUT2D eigenvalue weighted by atomic mass is 35.5. The van der Waals surface area contributed by atoms with Crippen LogP contribution in [0.2, 0.25) is 20.2 Å². The minimum atomic E-state index is -1.18. The minimum absolute atomic E-state index is 0.00278. The van der Waals surface area contributed by atoms with E-state index in [2.05, 4.69) is 10.3 Å². The van der Waals surface area contributed by atoms with Crippen molar-refractivity contribution in [3.8, 4) is 0 Å². The summed E-state index contributed by atoms with van der Waals surface area (Å²) in [6, 6.07) is 3.70. The smallest absolute Gasteiger partial charge is 0.335 e. The molecule has 0 radical (unpaired) electrons. The Balaban J connectivity index is 2.31. The average Bonchev–Trinajstić information content (AvgIpc) is 2.73. The quantitative estimate of drug-likeness (QED) is 0.742. The second kappa shape index (κ2) is 6.15. The molecule has 1 amide bonds. The Morgan fingerprint density at radius 2 is 1.57 bits per heavy atom. The Bertz CT molecular complexity index is 700. The highest BCUT2D eigenvalue weighted by Crippen LogP contribution is 2.32. The van der Waals surface area contributed by atoms with Crippen molar-refractivity contribution in [2.75, 3.05) is 5.32 Å². The number of benzene rings is 1. The molecule has 0 fully saturated rings. The number of rotatable bonds is 3. The van der Waals surface area contributed by atoms with Crippen LogP contribution >= 0.6 is 46.4 Å². The zero-order valence-corrected chi connectivity index (χ0v) is 13.0. The number of carboxylic acids is 1. The summed E-state index contributed by atoms with van der Waals surface area (Å²) in [6.45, 7) is 0. The first-order chi connectivity index (χ1) is 9.79. The molecule has 1 heterocycles. The van der Waals surface area contributed by atoms with Crippen LogP contribution in [0.1, 0.15) is 20.8 Å². The summed E-state index contributed by atoms with van der Waals surface area (Å²) in [4.78, 5) is 25.4. The van der Waals surface area contributed by atoms with E-state index in [0.29, 0.717) is 0 Å². The zero-order valence-electron chi connectivity index (χ0n) is 10.0. The third kappa shape index (κ3) is 3.44. The highest BCUT2D eigenvalue weighted by Gasteiger charge is 2.17. The third-order valence-electron chi connectivity index (χ3n) is 2.50. The molecule has 0 saturated heterocycles. The van der Waals surface area contributed by atoms with Crippen molar-refractivity contribution in [1.29, 1.82) is 0 Å². The number of carboxylic acid groups (broad SMARTS) is 1. The van der Waals surface area contributed by atoms with Crippen LogP contribution in [0.4, 0.5) is 5.69 Å². The average molecular weight is 368 g/mol. The van der Waals surface area contributed by atoms with Gasteiger partial charge in [-0.3, -0.25) is 4.79 Å². The number of halogens is 4. The molecule has 9 heteroatoms. The summed E-state index contributed by atoms with van der Waals surface area (Å²) in [6.07, 6.45) is 0. The number of nitrogens with one attached hydrogen (secondary N) is 2. The lowest BCUT2D eigenvalue weighted by molar-refractivity contribution is 0.0696. The van der Waals surface area contributed by atoms with Crippen molar-refractivity contribution >= 4 is 64.0 Å². The number of amides is 1. The molecule has 0 aliphatic rings. The first-order valence-electron chi connectivity index (χ1n) is 5.37. The largest absolute Gasteiger partial charge is 0.478 e. The van der Waals surface area contributed by atoms with Crippen molar-refractivity contribution in [2.45, 2.75) is 0 Å². The molecule has 0 saturated carbocycles. The SMILES string of the molecule is O=C(O)c1cc(Cl)c(NC(=O)c2cc(Cl)c(Cl)[nH]2)c(Cl)c1. The number of hydrogen-bond acceptors (Lipinski definition) is 2. The molecule has 0 aliphatic carbocycles. The maximum atomic E-state index is 12.0. The van der Waals surface area contributed by atoms with E-state index in [-0.39, 0.29) is 37.2 Å². The standard InChI is InChI=1S/C12H6Cl4N2O3/c13-5-1-4(12(20)21)2-6(14)9(5)18-11(19)8-3-7(15)10(16)17-8/h1-3,17H,(H,18,19)(H,20,21). The molecule has 5 nitrogen and oxygen atoms in total. The van der Waals surface area contributed by atoms with Gasteiger partial charge in [0.1, 0.15) is 10.8 Å². The van der Waals surface area contributed by atoms with Crippen LogP contribution < -0.4 is 5.32 Å². The molecule has 0 atom stereocenters. The van der Waals surface area contributed by atoms with Crippen LogP contribution in [0.15, 0.2) is 18.2 Å². The number of hydrogen-bond donors (Lipinski definition) is 3. The van der Waals surface area contributed by atoms with Gasteiger partial charge in [-0.05, 0) is 18.2 Å². The van der Waals surface area contributed by atoms with Crippen molar-refractivity contribution < 1.29 is 14.7 Å². The summed E-state index contributed by atoms with van der Waals surface area (Å²) in [7, 11) is 0. The molecule has 0 bridgehead atoms. The second-order valence-electron chi connectivity index (χ2n) is 3.92. The van der Waals surface area contributed by atoms with E-state index in [4.69, 9.17) is 51.5 Å². The molecule has 0 spiro atoms. The van der Waals surface area contributed by atoms with Crippen LogP contribution in [-0.4, -0.2) is 22.0 Å². The van der Waals surface area contributed by atoms with E-state index in [9.17, 15) is 9.59 Å². The van der Waals surface area contributed by atoms with Crippen LogP contribution in [0.5, 0.6) is 0 Å². The minimum Gasteiger partial charge on any atom is -0.478 e. The van der Waals surface area contributed by atoms with Gasteiger partial charge in [-0.1, -0.05) is 46.4 Å². The molecule has 0 aliphatic heterocycles. The summed E-state index contributed by atoms with van der Waals surface area (Å²) < 4.78 is 0. The predicted molar refractivity (Wildman–Crippen MR) is 82.2 cm³/mol. The fourth-order valence-corrected chi connectivity index (χ4v) is 2.42. The second-order valence-corrected chi connectivity index (χ2v) is 5.52. The number of anilines is 1. The lowest BCUT2D eigenvalue weighted by Crippen LogP contribution is -2.13. The Kier molecular flexibility index (Phi) is 4.68. The number of aromatic carboxylic acids is 1. The van der Waals surface area contributed by atoms with Gasteiger partial charge in [0, 0.05) is 0 Å². The zero-order chi connectivity index (χ0) is 15.7. The van der Waals surface area contributed by atoms with E-state index in [0.717, 1.165) is 0 Å². The van der Waals surface area contributed by atoms with Crippen molar-refractivity contribution in [3.63, 3.8) is 0 Å². The maximum absolute atomic E-state index is 12.0. The van der Waals surface area contributed by atoms with Gasteiger partial charge in [-0.15, -0.1) is 0 Å². The van der Waals surface area contributed by atoms with Gasteiger partial charge in [0.15, 0.2) is 0 Å². The molecule has 1 aromatic heterocycles. The number of H-pyrrole nitrogens is 1. The normalized spacial score (nSPS) is 10.5. The molecular weight excluding hydrogens is 362 g/mol. The predicted octanol–water partition coefficient (Wildman–Crippen LogP) is 4.58. The number of aromatic amines is 1. The lowest BCUT2D eigenvalue weighted by Gasteiger charge is -2.09. The van der Waals surface area contributed by atoms with E-state index >= 15 is 0 Å². The Morgan fingerprint density at radius 1 is 1.00 bits per heavy atom. The fraction of sp³-hybridized carbons (Fsp3) is 0. The third-order valence-corrected chi connectivity index (χ3v) is 3.79. The summed E-state index contributed by atoms with van der Waals surface area (Å²) >= 11 is 23.3. The topological polar surface area (TPSA) is 82.2 Å². The number of carbonyl (C=O) groups is 2. The van der Waals surface area contributed by atoms with Gasteiger partial charge in [-0.25, -0.2) is 4.79 Å². The molecule has 1 aromatic carbocycles. The monoisotopic (exact) mass is 366 g/mol. The van der Waals surface area contributed by atoms with Gasteiger partial charge in [0.05, 0.1) is 26.3 Å². The maximum Gasteiger partial charge on any atom is 0.335 e. The Morgan fingerprint density at radius 3 is 2.00 bits per heavy atom. The molecule has 2 rings (SSSR count). The molecule has 2 aromatic rings. The Hall–Kier alpha value is -1.40. The van der Waals surface area contributed by atoms with Crippen molar-refractivity contribution in [2.24, 2.45) is 0 Å². The van der Waals surface area contributed by atoms with Crippen LogP contribution in [0.25, 0.3) is 0 Å². The van der Waals surface area contributed by atoms with Crippen LogP contribution in [-0.2, 0) is 0 Å². The van der Waals surface area contributed by atoms with Gasteiger partial charge in [0.2, 0.25) is 0 Å². The van der Waals surface area contributed by atoms with E-state index < -0.39 is 11.9 Å². The van der Waals surface area contributed by atoms with Gasteiger partial charge in [0.25, 0.3) is 5.91 Å². The van der Waals surface area contributed by atoms with Crippen molar-refractivity contribution in [3.05, 3.63) is 49.7 Å². The fourth-order valence-electron chi connectivity index (χ4n) is 1.52. The summed E-state index contributed by atoms with van der Waals surface area (Å²) in [5.74, 6) is -1.75. The van der Waals surface area contributed by atoms with Gasteiger partial charge < -0.3 is 15.4 Å². The highest BCUT2D eigenvalue weighted by molar-refractivity contribution is 6.42. The van der Waals surface area contributed by atoms with E-state index in [1.807, 2.05) is 0 Å². The summed E-state index contributed by atoms with van der Waals surface area (Å²) in [5.41, 5.74) is 0.114. The molecule has 110 valence electrons. The number of carbonyl (C=O) groups excluding carboxylic acids is 1. The van der Waals surface area contributed by atoms with Crippen LogP contribution in [0, 0.1) is 0 Å². The molecule has 21 heavy (non-hydrogen) atoms. The lowest BCUT2D eigenvalue weighted by atomic mass is 10.2. The summed E-state index contributed by atoms with van der Waals surface area (Å²) in [5, 5.41) is 11.7. The van der Waals surface area contributed by atoms with Crippen LogP contribution in [0.3, 0.4) is 0 Å². The van der Waals surface area contributed by atoms with Gasteiger partial charge >= 0.3 is 5.97 Å². The molecule has 3 N–H and O–H groups in total. The molecular formula is C12H6Cl4N2O3. The number of aromatic nitrogens is 1.